The number of rotatable bonds is 3. The Balaban J connectivity index is 1.58. The van der Waals surface area contributed by atoms with E-state index in [0.717, 1.165) is 34.4 Å². The lowest BCUT2D eigenvalue weighted by Crippen LogP contribution is -2.32. The number of benzene rings is 1. The number of nitrogens with zero attached hydrogens (tertiary/aromatic N) is 1. The number of fused-ring (bicyclic) bond motifs is 2. The average Bonchev–Trinajstić information content (AvgIpc) is 3.38. The summed E-state index contributed by atoms with van der Waals surface area (Å²) in [5, 5.41) is 2.87. The molecular formula is C21H20N2O2S. The third-order valence-corrected chi connectivity index (χ3v) is 6.44. The van der Waals surface area contributed by atoms with Crippen LogP contribution in [0.5, 0.6) is 0 Å². The van der Waals surface area contributed by atoms with Crippen LogP contribution in [0.2, 0.25) is 0 Å². The van der Waals surface area contributed by atoms with Crippen LogP contribution >= 0.6 is 11.3 Å². The predicted molar refractivity (Wildman–Crippen MR) is 106 cm³/mol. The number of furan rings is 1. The van der Waals surface area contributed by atoms with Crippen LogP contribution in [0.1, 0.15) is 40.1 Å². The van der Waals surface area contributed by atoms with E-state index in [2.05, 4.69) is 11.0 Å². The summed E-state index contributed by atoms with van der Waals surface area (Å²) >= 11 is 1.46. The first kappa shape index (κ1) is 15.9. The molecule has 2 aliphatic rings. The molecule has 2 N–H and O–H groups in total. The highest BCUT2D eigenvalue weighted by molar-refractivity contribution is 7.12. The Kier molecular flexibility index (Phi) is 3.72. The zero-order chi connectivity index (χ0) is 17.7. The first-order valence-electron chi connectivity index (χ1n) is 9.04. The Morgan fingerprint density at radius 3 is 3.08 bits per heavy atom. The smallest absolute Gasteiger partial charge is 0.202 e. The van der Waals surface area contributed by atoms with E-state index in [9.17, 15) is 4.79 Å². The van der Waals surface area contributed by atoms with Gasteiger partial charge in [-0.2, -0.15) is 0 Å². The Labute approximate surface area is 155 Å². The third kappa shape index (κ3) is 2.50. The van der Waals surface area contributed by atoms with Crippen LogP contribution in [0.25, 0.3) is 16.5 Å². The number of nitrogen functional groups attached to an aromatic ring is 1. The van der Waals surface area contributed by atoms with Crippen molar-refractivity contribution < 1.29 is 9.21 Å². The number of anilines is 1. The van der Waals surface area contributed by atoms with E-state index in [1.165, 1.54) is 36.3 Å². The first-order chi connectivity index (χ1) is 12.7. The van der Waals surface area contributed by atoms with E-state index in [1.54, 1.807) is 0 Å². The van der Waals surface area contributed by atoms with Crippen molar-refractivity contribution in [1.82, 2.24) is 4.90 Å². The molecule has 1 fully saturated rings. The lowest BCUT2D eigenvalue weighted by atomic mass is 9.92. The summed E-state index contributed by atoms with van der Waals surface area (Å²) in [5.41, 5.74) is 9.90. The highest BCUT2D eigenvalue weighted by Crippen LogP contribution is 2.40. The Bertz CT molecular complexity index is 1020. The highest BCUT2D eigenvalue weighted by Gasteiger charge is 2.30. The van der Waals surface area contributed by atoms with Crippen molar-refractivity contribution in [3.8, 4) is 0 Å². The maximum absolute atomic E-state index is 12.7. The molecule has 3 aromatic rings. The molecule has 2 aromatic heterocycles. The molecule has 1 atom stereocenters. The second-order valence-corrected chi connectivity index (χ2v) is 8.03. The summed E-state index contributed by atoms with van der Waals surface area (Å²) in [6.07, 6.45) is 5.79. The fraction of sp³-hybridized carbons (Fsp3) is 0.286. The molecule has 4 heterocycles. The van der Waals surface area contributed by atoms with Crippen LogP contribution in [0.4, 0.5) is 5.88 Å². The molecule has 26 heavy (non-hydrogen) atoms. The van der Waals surface area contributed by atoms with Crippen molar-refractivity contribution in [2.75, 3.05) is 18.8 Å². The molecule has 0 bridgehead atoms. The van der Waals surface area contributed by atoms with Gasteiger partial charge in [-0.25, -0.2) is 0 Å². The van der Waals surface area contributed by atoms with Gasteiger partial charge in [0.15, 0.2) is 5.88 Å². The fourth-order valence-electron chi connectivity index (χ4n) is 4.27. The maximum Gasteiger partial charge on any atom is 0.202 e. The number of hydrogen-bond donors (Lipinski definition) is 1. The molecule has 2 aliphatic heterocycles. The van der Waals surface area contributed by atoms with E-state index in [0.29, 0.717) is 17.5 Å². The average molecular weight is 364 g/mol. The quantitative estimate of drug-likeness (QED) is 0.692. The SMILES string of the molecule is Nc1oc2ccc(C(=O)c3cccs3)cc2c1C1=CCN2CCCC2C1. The molecule has 1 saturated heterocycles. The lowest BCUT2D eigenvalue weighted by molar-refractivity contribution is 0.104. The van der Waals surface area contributed by atoms with Crippen LogP contribution in [0.15, 0.2) is 46.2 Å². The molecule has 5 rings (SSSR count). The number of carbonyl (C=O) groups excluding carboxylic acids is 1. The van der Waals surface area contributed by atoms with Gasteiger partial charge in [-0.3, -0.25) is 9.69 Å². The second kappa shape index (κ2) is 6.11. The van der Waals surface area contributed by atoms with E-state index in [-0.39, 0.29) is 5.78 Å². The predicted octanol–water partition coefficient (Wildman–Crippen LogP) is 4.56. The number of carbonyl (C=O) groups is 1. The van der Waals surface area contributed by atoms with Crippen molar-refractivity contribution in [2.45, 2.75) is 25.3 Å². The number of hydrogen-bond acceptors (Lipinski definition) is 5. The Hall–Kier alpha value is -2.37. The fourth-order valence-corrected chi connectivity index (χ4v) is 4.96. The summed E-state index contributed by atoms with van der Waals surface area (Å²) in [6, 6.07) is 9.99. The monoisotopic (exact) mass is 364 g/mol. The second-order valence-electron chi connectivity index (χ2n) is 7.08. The minimum Gasteiger partial charge on any atom is -0.440 e. The molecule has 0 spiro atoms. The standard InChI is InChI=1S/C21H20N2O2S/c22-21-19(13-7-9-23-8-1-3-15(23)11-13)16-12-14(5-6-17(16)25-21)20(24)18-4-2-10-26-18/h2,4-7,10,12,15H,1,3,8-9,11,22H2. The van der Waals surface area contributed by atoms with Crippen LogP contribution < -0.4 is 5.73 Å². The highest BCUT2D eigenvalue weighted by atomic mass is 32.1. The zero-order valence-corrected chi connectivity index (χ0v) is 15.2. The number of thiophene rings is 1. The van der Waals surface area contributed by atoms with Crippen LogP contribution in [0.3, 0.4) is 0 Å². The van der Waals surface area contributed by atoms with E-state index in [4.69, 9.17) is 10.2 Å². The van der Waals surface area contributed by atoms with Gasteiger partial charge in [0.1, 0.15) is 5.58 Å². The van der Waals surface area contributed by atoms with Crippen molar-refractivity contribution >= 4 is 39.5 Å². The molecule has 132 valence electrons. The van der Waals surface area contributed by atoms with Crippen LogP contribution in [0, 0.1) is 0 Å². The Morgan fingerprint density at radius 2 is 2.23 bits per heavy atom. The third-order valence-electron chi connectivity index (χ3n) is 5.57. The summed E-state index contributed by atoms with van der Waals surface area (Å²) in [6.45, 7) is 2.16. The number of ketones is 1. The van der Waals surface area contributed by atoms with Gasteiger partial charge in [-0.05, 0) is 61.0 Å². The van der Waals surface area contributed by atoms with E-state index >= 15 is 0 Å². The molecule has 5 heteroatoms. The van der Waals surface area contributed by atoms with Gasteiger partial charge in [0.05, 0.1) is 4.88 Å². The van der Waals surface area contributed by atoms with Crippen molar-refractivity contribution in [3.05, 3.63) is 57.8 Å². The molecule has 0 saturated carbocycles. The van der Waals surface area contributed by atoms with Gasteiger partial charge < -0.3 is 10.2 Å². The summed E-state index contributed by atoms with van der Waals surface area (Å²) in [5.74, 6) is 0.505. The molecule has 4 nitrogen and oxygen atoms in total. The minimum absolute atomic E-state index is 0.0483. The van der Waals surface area contributed by atoms with Crippen LogP contribution in [-0.4, -0.2) is 29.8 Å². The number of nitrogens with two attached hydrogens (primary N) is 1. The normalized spacial score (nSPS) is 20.3. The molecule has 0 radical (unpaired) electrons. The molecule has 0 amide bonds. The topological polar surface area (TPSA) is 59.5 Å². The van der Waals surface area contributed by atoms with Crippen molar-refractivity contribution in [2.24, 2.45) is 0 Å². The summed E-state index contributed by atoms with van der Waals surface area (Å²) in [4.78, 5) is 16.0. The summed E-state index contributed by atoms with van der Waals surface area (Å²) < 4.78 is 5.80. The minimum atomic E-state index is 0.0483. The zero-order valence-electron chi connectivity index (χ0n) is 14.4. The van der Waals surface area contributed by atoms with Gasteiger partial charge in [-0.15, -0.1) is 11.3 Å². The largest absolute Gasteiger partial charge is 0.440 e. The van der Waals surface area contributed by atoms with Gasteiger partial charge in [0.25, 0.3) is 0 Å². The molecule has 1 aromatic carbocycles. The molecular weight excluding hydrogens is 344 g/mol. The summed E-state index contributed by atoms with van der Waals surface area (Å²) in [7, 11) is 0. The molecule has 0 aliphatic carbocycles. The lowest BCUT2D eigenvalue weighted by Gasteiger charge is -2.29. The van der Waals surface area contributed by atoms with Crippen molar-refractivity contribution in [3.63, 3.8) is 0 Å². The van der Waals surface area contributed by atoms with E-state index in [1.807, 2.05) is 35.7 Å². The van der Waals surface area contributed by atoms with Gasteiger partial charge >= 0.3 is 0 Å². The van der Waals surface area contributed by atoms with Crippen molar-refractivity contribution in [1.29, 1.82) is 0 Å². The van der Waals surface area contributed by atoms with Gasteiger partial charge in [0, 0.05) is 29.1 Å². The first-order valence-corrected chi connectivity index (χ1v) is 9.92. The molecule has 1 unspecified atom stereocenters. The van der Waals surface area contributed by atoms with Gasteiger partial charge in [-0.1, -0.05) is 12.1 Å². The Morgan fingerprint density at radius 1 is 1.31 bits per heavy atom. The van der Waals surface area contributed by atoms with Gasteiger partial charge in [0.2, 0.25) is 5.78 Å². The van der Waals surface area contributed by atoms with Crippen LogP contribution in [-0.2, 0) is 0 Å². The van der Waals surface area contributed by atoms with E-state index < -0.39 is 0 Å². The maximum atomic E-state index is 12.7.